The second kappa shape index (κ2) is 11.1. The summed E-state index contributed by atoms with van der Waals surface area (Å²) < 4.78 is 33.3. The van der Waals surface area contributed by atoms with E-state index in [0.717, 1.165) is 45.2 Å². The van der Waals surface area contributed by atoms with E-state index >= 15 is 0 Å². The van der Waals surface area contributed by atoms with E-state index in [4.69, 9.17) is 4.74 Å². The summed E-state index contributed by atoms with van der Waals surface area (Å²) in [6, 6.07) is 21.6. The quantitative estimate of drug-likeness (QED) is 0.606. The molecule has 1 saturated heterocycles. The molecule has 0 radical (unpaired) electrons. The Morgan fingerprint density at radius 3 is 2.24 bits per heavy atom. The molecule has 0 amide bonds. The zero-order valence-electron chi connectivity index (χ0n) is 19.9. The average Bonchev–Trinajstić information content (AvgIpc) is 2.83. The van der Waals surface area contributed by atoms with Crippen LogP contribution in [0.25, 0.3) is 0 Å². The van der Waals surface area contributed by atoms with Crippen LogP contribution in [0.5, 0.6) is 0 Å². The van der Waals surface area contributed by atoms with Crippen LogP contribution in [-0.2, 0) is 14.8 Å². The molecule has 2 aliphatic rings. The van der Waals surface area contributed by atoms with E-state index in [0.29, 0.717) is 18.6 Å². The summed E-state index contributed by atoms with van der Waals surface area (Å²) >= 11 is 0. The van der Waals surface area contributed by atoms with Gasteiger partial charge in [-0.3, -0.25) is 4.90 Å². The van der Waals surface area contributed by atoms with Crippen molar-refractivity contribution < 1.29 is 13.2 Å². The van der Waals surface area contributed by atoms with Crippen molar-refractivity contribution in [2.45, 2.75) is 63.1 Å². The third-order valence-corrected chi connectivity index (χ3v) is 8.18. The van der Waals surface area contributed by atoms with E-state index < -0.39 is 10.0 Å². The molecule has 1 saturated carbocycles. The number of sulfonamides is 1. The van der Waals surface area contributed by atoms with E-state index in [1.807, 2.05) is 6.07 Å². The SMILES string of the molecule is C[C@@H](c1ccccc1)N1CCC(NS(C)(=O)=O)C(COC2CCC(c3ccccc3)CC2)C1. The first-order chi connectivity index (χ1) is 15.9. The Morgan fingerprint density at radius 1 is 0.970 bits per heavy atom. The maximum absolute atomic E-state index is 12.0. The Bertz CT molecular complexity index is 959. The predicted molar refractivity (Wildman–Crippen MR) is 134 cm³/mol. The number of rotatable bonds is 8. The van der Waals surface area contributed by atoms with Crippen molar-refractivity contribution in [3.63, 3.8) is 0 Å². The summed E-state index contributed by atoms with van der Waals surface area (Å²) in [7, 11) is -3.25. The molecular weight excluding hydrogens is 432 g/mol. The molecule has 1 aliphatic heterocycles. The number of ether oxygens (including phenoxy) is 1. The molecule has 0 aromatic heterocycles. The largest absolute Gasteiger partial charge is 0.378 e. The summed E-state index contributed by atoms with van der Waals surface area (Å²) in [5.41, 5.74) is 2.73. The molecular formula is C27H38N2O3S. The number of benzene rings is 2. The van der Waals surface area contributed by atoms with Crippen molar-refractivity contribution in [3.8, 4) is 0 Å². The minimum absolute atomic E-state index is 0.0696. The van der Waals surface area contributed by atoms with E-state index in [-0.39, 0.29) is 18.1 Å². The van der Waals surface area contributed by atoms with Gasteiger partial charge in [0.1, 0.15) is 0 Å². The third kappa shape index (κ3) is 6.89. The molecule has 1 aliphatic carbocycles. The molecule has 6 heteroatoms. The number of nitrogens with one attached hydrogen (secondary N) is 1. The predicted octanol–water partition coefficient (Wildman–Crippen LogP) is 4.73. The van der Waals surface area contributed by atoms with Crippen LogP contribution in [0.1, 0.15) is 62.1 Å². The van der Waals surface area contributed by atoms with Gasteiger partial charge in [-0.25, -0.2) is 13.1 Å². The van der Waals surface area contributed by atoms with Crippen molar-refractivity contribution >= 4 is 10.0 Å². The Kier molecular flexibility index (Phi) is 8.23. The van der Waals surface area contributed by atoms with Crippen LogP contribution in [0.2, 0.25) is 0 Å². The Balaban J connectivity index is 1.35. The lowest BCUT2D eigenvalue weighted by Gasteiger charge is -2.42. The summed E-state index contributed by atoms with van der Waals surface area (Å²) in [5, 5.41) is 0. The van der Waals surface area contributed by atoms with E-state index in [1.165, 1.54) is 17.4 Å². The highest BCUT2D eigenvalue weighted by Crippen LogP contribution is 2.34. The van der Waals surface area contributed by atoms with Crippen LogP contribution in [-0.4, -0.2) is 51.4 Å². The molecule has 2 aromatic rings. The lowest BCUT2D eigenvalue weighted by molar-refractivity contribution is -0.0215. The van der Waals surface area contributed by atoms with Gasteiger partial charge in [-0.1, -0.05) is 60.7 Å². The van der Waals surface area contributed by atoms with Gasteiger partial charge >= 0.3 is 0 Å². The van der Waals surface area contributed by atoms with Gasteiger partial charge in [0.25, 0.3) is 0 Å². The molecule has 1 N–H and O–H groups in total. The Hall–Kier alpha value is -1.73. The molecule has 1 heterocycles. The standard InChI is InChI=1S/C27H38N2O3S/c1-21(22-9-5-3-6-10-22)29-18-17-27(28-33(2,30)31)25(19-29)20-32-26-15-13-24(14-16-26)23-11-7-4-8-12-23/h3-12,21,24-28H,13-20H2,1-2H3/t21-,24?,25?,26?,27?/m0/s1. The Morgan fingerprint density at radius 2 is 1.61 bits per heavy atom. The molecule has 4 rings (SSSR count). The van der Waals surface area contributed by atoms with E-state index in [2.05, 4.69) is 71.1 Å². The van der Waals surface area contributed by atoms with Crippen LogP contribution in [0.3, 0.4) is 0 Å². The van der Waals surface area contributed by atoms with Gasteiger partial charge in [0.2, 0.25) is 10.0 Å². The molecule has 2 unspecified atom stereocenters. The minimum atomic E-state index is -3.25. The topological polar surface area (TPSA) is 58.6 Å². The molecule has 33 heavy (non-hydrogen) atoms. The van der Waals surface area contributed by atoms with Crippen LogP contribution in [0.4, 0.5) is 0 Å². The zero-order valence-corrected chi connectivity index (χ0v) is 20.7. The number of hydrogen-bond donors (Lipinski definition) is 1. The highest BCUT2D eigenvalue weighted by Gasteiger charge is 2.34. The van der Waals surface area contributed by atoms with Gasteiger partial charge in [0.05, 0.1) is 19.0 Å². The van der Waals surface area contributed by atoms with Gasteiger partial charge in [0, 0.05) is 31.1 Å². The third-order valence-electron chi connectivity index (χ3n) is 7.45. The fourth-order valence-corrected chi connectivity index (χ4v) is 6.36. The molecule has 180 valence electrons. The van der Waals surface area contributed by atoms with Crippen LogP contribution < -0.4 is 4.72 Å². The maximum atomic E-state index is 12.0. The highest BCUT2D eigenvalue weighted by atomic mass is 32.2. The van der Waals surface area contributed by atoms with Crippen molar-refractivity contribution in [1.82, 2.24) is 9.62 Å². The zero-order chi connectivity index (χ0) is 23.3. The summed E-state index contributed by atoms with van der Waals surface area (Å²) in [5.74, 6) is 0.772. The molecule has 0 bridgehead atoms. The molecule has 2 aromatic carbocycles. The van der Waals surface area contributed by atoms with Gasteiger partial charge in [0.15, 0.2) is 0 Å². The first-order valence-electron chi connectivity index (χ1n) is 12.3. The Labute approximate surface area is 199 Å². The smallest absolute Gasteiger partial charge is 0.208 e. The molecule has 3 atom stereocenters. The van der Waals surface area contributed by atoms with Gasteiger partial charge in [-0.2, -0.15) is 0 Å². The molecule has 5 nitrogen and oxygen atoms in total. The van der Waals surface area contributed by atoms with Gasteiger partial charge in [-0.15, -0.1) is 0 Å². The maximum Gasteiger partial charge on any atom is 0.208 e. The number of likely N-dealkylation sites (tertiary alicyclic amines) is 1. The number of hydrogen-bond acceptors (Lipinski definition) is 4. The highest BCUT2D eigenvalue weighted by molar-refractivity contribution is 7.88. The van der Waals surface area contributed by atoms with Crippen molar-refractivity contribution in [1.29, 1.82) is 0 Å². The number of nitrogens with zero attached hydrogens (tertiary/aromatic N) is 1. The summed E-state index contributed by atoms with van der Waals surface area (Å²) in [6.45, 7) is 4.55. The second-order valence-electron chi connectivity index (χ2n) is 9.84. The first kappa shape index (κ1) is 24.4. The fraction of sp³-hybridized carbons (Fsp3) is 0.556. The van der Waals surface area contributed by atoms with E-state index in [1.54, 1.807) is 0 Å². The van der Waals surface area contributed by atoms with Crippen molar-refractivity contribution in [3.05, 3.63) is 71.8 Å². The lowest BCUT2D eigenvalue weighted by Crippen LogP contribution is -2.52. The summed E-state index contributed by atoms with van der Waals surface area (Å²) in [6.07, 6.45) is 6.78. The molecule has 2 fully saturated rings. The van der Waals surface area contributed by atoms with Crippen LogP contribution in [0, 0.1) is 5.92 Å². The van der Waals surface area contributed by atoms with Crippen LogP contribution >= 0.6 is 0 Å². The average molecular weight is 471 g/mol. The fourth-order valence-electron chi connectivity index (χ4n) is 5.50. The van der Waals surface area contributed by atoms with Gasteiger partial charge < -0.3 is 4.74 Å². The second-order valence-corrected chi connectivity index (χ2v) is 11.6. The van der Waals surface area contributed by atoms with Crippen LogP contribution in [0.15, 0.2) is 60.7 Å². The minimum Gasteiger partial charge on any atom is -0.378 e. The lowest BCUT2D eigenvalue weighted by atomic mass is 9.82. The monoisotopic (exact) mass is 470 g/mol. The number of piperidine rings is 1. The summed E-state index contributed by atoms with van der Waals surface area (Å²) in [4.78, 5) is 2.47. The van der Waals surface area contributed by atoms with Crippen molar-refractivity contribution in [2.24, 2.45) is 5.92 Å². The van der Waals surface area contributed by atoms with Crippen molar-refractivity contribution in [2.75, 3.05) is 26.0 Å². The van der Waals surface area contributed by atoms with Gasteiger partial charge in [-0.05, 0) is 56.1 Å². The first-order valence-corrected chi connectivity index (χ1v) is 14.2. The molecule has 0 spiro atoms. The van der Waals surface area contributed by atoms with E-state index in [9.17, 15) is 8.42 Å². The normalized spacial score (nSPS) is 27.8.